The molecular formula is C16H12ClN3O2. The normalized spacial score (nSPS) is 10.4. The summed E-state index contributed by atoms with van der Waals surface area (Å²) in [6, 6.07) is 16.7. The maximum absolute atomic E-state index is 11.8. The summed E-state index contributed by atoms with van der Waals surface area (Å²) in [4.78, 5) is 20.3. The fourth-order valence-electron chi connectivity index (χ4n) is 1.91. The largest absolute Gasteiger partial charge is 0.444 e. The summed E-state index contributed by atoms with van der Waals surface area (Å²) >= 11 is 6.02. The topological polar surface area (TPSA) is 64.1 Å². The number of nitrogens with zero attached hydrogens (tertiary/aromatic N) is 2. The molecule has 0 saturated heterocycles. The van der Waals surface area contributed by atoms with Crippen LogP contribution in [0.4, 0.5) is 10.6 Å². The summed E-state index contributed by atoms with van der Waals surface area (Å²) in [5.74, 6) is 0.179. The number of carbonyl (C=O) groups is 1. The third-order valence-electron chi connectivity index (χ3n) is 2.96. The summed E-state index contributed by atoms with van der Waals surface area (Å²) in [6.45, 7) is 0.172. The van der Waals surface area contributed by atoms with Crippen molar-refractivity contribution in [3.05, 3.63) is 65.3 Å². The van der Waals surface area contributed by atoms with Gasteiger partial charge in [-0.25, -0.2) is 14.8 Å². The van der Waals surface area contributed by atoms with Crippen LogP contribution < -0.4 is 5.32 Å². The average Bonchev–Trinajstić information content (AvgIpc) is 2.55. The number of benzene rings is 2. The van der Waals surface area contributed by atoms with Crippen LogP contribution in [0.5, 0.6) is 0 Å². The van der Waals surface area contributed by atoms with Gasteiger partial charge in [0.1, 0.15) is 6.61 Å². The molecule has 1 heterocycles. The molecule has 0 fully saturated rings. The minimum absolute atomic E-state index is 0.121. The van der Waals surface area contributed by atoms with Crippen LogP contribution in [-0.2, 0) is 11.3 Å². The molecule has 110 valence electrons. The van der Waals surface area contributed by atoms with Gasteiger partial charge in [0.2, 0.25) is 0 Å². The smallest absolute Gasteiger partial charge is 0.413 e. The van der Waals surface area contributed by atoms with Crippen LogP contribution in [0.3, 0.4) is 0 Å². The Balaban J connectivity index is 1.70. The Labute approximate surface area is 131 Å². The number of halogens is 1. The Kier molecular flexibility index (Phi) is 4.16. The van der Waals surface area contributed by atoms with Crippen molar-refractivity contribution in [1.82, 2.24) is 9.97 Å². The number of nitrogens with one attached hydrogen (secondary N) is 1. The molecule has 0 atom stereocenters. The summed E-state index contributed by atoms with van der Waals surface area (Å²) in [7, 11) is 0. The lowest BCUT2D eigenvalue weighted by molar-refractivity contribution is 0.155. The lowest BCUT2D eigenvalue weighted by Crippen LogP contribution is -2.15. The molecule has 1 N–H and O–H groups in total. The zero-order valence-electron chi connectivity index (χ0n) is 11.5. The number of fused-ring (bicyclic) bond motifs is 1. The molecule has 0 unspecified atom stereocenters. The molecule has 5 nitrogen and oxygen atoms in total. The fraction of sp³-hybridized carbons (Fsp3) is 0.0625. The molecule has 3 aromatic rings. The van der Waals surface area contributed by atoms with Gasteiger partial charge in [-0.05, 0) is 17.7 Å². The summed E-state index contributed by atoms with van der Waals surface area (Å²) in [5.41, 5.74) is 2.20. The SMILES string of the molecule is O=C(Nc1nc2ccccc2nc1Cl)OCc1ccccc1. The van der Waals surface area contributed by atoms with Crippen molar-refractivity contribution in [1.29, 1.82) is 0 Å². The van der Waals surface area contributed by atoms with Crippen LogP contribution in [0.25, 0.3) is 11.0 Å². The molecule has 0 bridgehead atoms. The molecule has 22 heavy (non-hydrogen) atoms. The standard InChI is InChI=1S/C16H12ClN3O2/c17-14-15(19-13-9-5-4-8-12(13)18-14)20-16(21)22-10-11-6-2-1-3-7-11/h1-9H,10H2,(H,19,20,21). The van der Waals surface area contributed by atoms with Crippen LogP contribution in [0, 0.1) is 0 Å². The minimum atomic E-state index is -0.629. The van der Waals surface area contributed by atoms with Gasteiger partial charge >= 0.3 is 6.09 Å². The van der Waals surface area contributed by atoms with Gasteiger partial charge in [-0.15, -0.1) is 0 Å². The second-order valence-corrected chi connectivity index (χ2v) is 4.90. The first-order valence-corrected chi connectivity index (χ1v) is 7.00. The molecule has 0 radical (unpaired) electrons. The highest BCUT2D eigenvalue weighted by Crippen LogP contribution is 2.21. The maximum Gasteiger partial charge on any atom is 0.413 e. The number of ether oxygens (including phenoxy) is 1. The van der Waals surface area contributed by atoms with Crippen molar-refractivity contribution in [2.45, 2.75) is 6.61 Å². The molecular weight excluding hydrogens is 302 g/mol. The van der Waals surface area contributed by atoms with E-state index in [2.05, 4.69) is 15.3 Å². The van der Waals surface area contributed by atoms with Gasteiger partial charge < -0.3 is 4.74 Å². The summed E-state index contributed by atoms with van der Waals surface area (Å²) in [5, 5.41) is 2.63. The number of hydrogen-bond acceptors (Lipinski definition) is 4. The predicted molar refractivity (Wildman–Crippen MR) is 84.8 cm³/mol. The van der Waals surface area contributed by atoms with Gasteiger partial charge in [0.15, 0.2) is 11.0 Å². The Morgan fingerprint density at radius 1 is 1.00 bits per heavy atom. The van der Waals surface area contributed by atoms with E-state index in [9.17, 15) is 4.79 Å². The van der Waals surface area contributed by atoms with E-state index in [1.165, 1.54) is 0 Å². The Morgan fingerprint density at radius 3 is 2.36 bits per heavy atom. The minimum Gasteiger partial charge on any atom is -0.444 e. The van der Waals surface area contributed by atoms with Gasteiger partial charge in [-0.3, -0.25) is 5.32 Å². The van der Waals surface area contributed by atoms with Crippen molar-refractivity contribution >= 4 is 34.5 Å². The zero-order chi connectivity index (χ0) is 15.4. The maximum atomic E-state index is 11.8. The molecule has 0 aliphatic carbocycles. The van der Waals surface area contributed by atoms with Crippen LogP contribution in [0.1, 0.15) is 5.56 Å². The first-order chi connectivity index (χ1) is 10.7. The number of para-hydroxylation sites is 2. The Hall–Kier alpha value is -2.66. The number of rotatable bonds is 3. The molecule has 1 aromatic heterocycles. The van der Waals surface area contributed by atoms with E-state index in [1.54, 1.807) is 12.1 Å². The van der Waals surface area contributed by atoms with Crippen LogP contribution >= 0.6 is 11.6 Å². The summed E-state index contributed by atoms with van der Waals surface area (Å²) < 4.78 is 5.12. The lowest BCUT2D eigenvalue weighted by Gasteiger charge is -2.08. The van der Waals surface area contributed by atoms with Crippen molar-refractivity contribution in [2.24, 2.45) is 0 Å². The Morgan fingerprint density at radius 2 is 1.64 bits per heavy atom. The average molecular weight is 314 g/mol. The lowest BCUT2D eigenvalue weighted by atomic mass is 10.2. The number of anilines is 1. The number of amides is 1. The third-order valence-corrected chi connectivity index (χ3v) is 3.22. The first kappa shape index (κ1) is 14.3. The van der Waals surface area contributed by atoms with E-state index in [1.807, 2.05) is 42.5 Å². The van der Waals surface area contributed by atoms with Gasteiger partial charge in [0.25, 0.3) is 0 Å². The van der Waals surface area contributed by atoms with E-state index in [0.29, 0.717) is 11.0 Å². The van der Waals surface area contributed by atoms with Gasteiger partial charge in [0, 0.05) is 0 Å². The quantitative estimate of drug-likeness (QED) is 0.793. The second kappa shape index (κ2) is 6.41. The van der Waals surface area contributed by atoms with E-state index in [0.717, 1.165) is 5.56 Å². The van der Waals surface area contributed by atoms with Gasteiger partial charge in [0.05, 0.1) is 11.0 Å². The molecule has 1 amide bonds. The van der Waals surface area contributed by atoms with Crippen molar-refractivity contribution in [3.63, 3.8) is 0 Å². The highest BCUT2D eigenvalue weighted by atomic mass is 35.5. The van der Waals surface area contributed by atoms with Crippen LogP contribution in [-0.4, -0.2) is 16.1 Å². The monoisotopic (exact) mass is 313 g/mol. The van der Waals surface area contributed by atoms with E-state index in [4.69, 9.17) is 16.3 Å². The van der Waals surface area contributed by atoms with Gasteiger partial charge in [-0.1, -0.05) is 54.1 Å². The summed E-state index contributed by atoms with van der Waals surface area (Å²) in [6.07, 6.45) is -0.629. The number of aromatic nitrogens is 2. The highest BCUT2D eigenvalue weighted by Gasteiger charge is 2.11. The van der Waals surface area contributed by atoms with E-state index < -0.39 is 6.09 Å². The van der Waals surface area contributed by atoms with E-state index in [-0.39, 0.29) is 17.6 Å². The highest BCUT2D eigenvalue weighted by molar-refractivity contribution is 6.32. The van der Waals surface area contributed by atoms with Crippen molar-refractivity contribution in [3.8, 4) is 0 Å². The predicted octanol–water partition coefficient (Wildman–Crippen LogP) is 4.03. The van der Waals surface area contributed by atoms with Crippen molar-refractivity contribution in [2.75, 3.05) is 5.32 Å². The van der Waals surface area contributed by atoms with Crippen LogP contribution in [0.15, 0.2) is 54.6 Å². The molecule has 0 saturated carbocycles. The molecule has 0 spiro atoms. The van der Waals surface area contributed by atoms with Crippen LogP contribution in [0.2, 0.25) is 5.15 Å². The van der Waals surface area contributed by atoms with Gasteiger partial charge in [-0.2, -0.15) is 0 Å². The third kappa shape index (κ3) is 3.32. The van der Waals surface area contributed by atoms with E-state index >= 15 is 0 Å². The molecule has 2 aromatic carbocycles. The zero-order valence-corrected chi connectivity index (χ0v) is 12.2. The Bertz CT molecular complexity index is 809. The second-order valence-electron chi connectivity index (χ2n) is 4.54. The number of hydrogen-bond donors (Lipinski definition) is 1. The molecule has 0 aliphatic heterocycles. The fourth-order valence-corrected chi connectivity index (χ4v) is 2.09. The number of carbonyl (C=O) groups excluding carboxylic acids is 1. The molecule has 0 aliphatic rings. The molecule has 3 rings (SSSR count). The van der Waals surface area contributed by atoms with Crippen molar-refractivity contribution < 1.29 is 9.53 Å². The first-order valence-electron chi connectivity index (χ1n) is 6.62. The molecule has 6 heteroatoms.